The van der Waals surface area contributed by atoms with E-state index < -0.39 is 0 Å². The molecule has 1 saturated carbocycles. The smallest absolute Gasteiger partial charge is 0.226 e. The Morgan fingerprint density at radius 3 is 2.73 bits per heavy atom. The van der Waals surface area contributed by atoms with Gasteiger partial charge in [-0.15, -0.1) is 0 Å². The highest BCUT2D eigenvalue weighted by atomic mass is 16.3. The number of likely N-dealkylation sites (tertiary alicyclic amines) is 1. The Bertz CT molecular complexity index is 313. The van der Waals surface area contributed by atoms with Gasteiger partial charge in [-0.25, -0.2) is 0 Å². The van der Waals surface area contributed by atoms with E-state index in [2.05, 4.69) is 12.2 Å². The van der Waals surface area contributed by atoms with Crippen molar-refractivity contribution in [1.82, 2.24) is 4.90 Å². The van der Waals surface area contributed by atoms with Gasteiger partial charge in [-0.3, -0.25) is 4.79 Å². The maximum atomic E-state index is 12.2. The number of aliphatic hydroxyl groups is 1. The summed E-state index contributed by atoms with van der Waals surface area (Å²) < 4.78 is 0. The molecule has 3 nitrogen and oxygen atoms in total. The van der Waals surface area contributed by atoms with Crippen LogP contribution in [0.5, 0.6) is 0 Å². The molecule has 2 fully saturated rings. The largest absolute Gasteiger partial charge is 0.391 e. The first-order valence-electron chi connectivity index (χ1n) is 5.89. The molecule has 3 unspecified atom stereocenters. The first-order valence-corrected chi connectivity index (χ1v) is 5.89. The molecule has 2 bridgehead atoms. The number of allylic oxidation sites excluding steroid dienone is 2. The Morgan fingerprint density at radius 2 is 2.20 bits per heavy atom. The molecule has 3 aliphatic rings. The maximum Gasteiger partial charge on any atom is 0.226 e. The number of nitrogens with zero attached hydrogens (tertiary/aromatic N) is 1. The fourth-order valence-electron chi connectivity index (χ4n) is 3.24. The monoisotopic (exact) mass is 207 g/mol. The molecule has 1 heterocycles. The van der Waals surface area contributed by atoms with Crippen molar-refractivity contribution in [2.45, 2.75) is 25.4 Å². The third-order valence-electron chi connectivity index (χ3n) is 4.07. The molecule has 0 aromatic heterocycles. The van der Waals surface area contributed by atoms with Crippen LogP contribution in [-0.4, -0.2) is 35.1 Å². The zero-order valence-electron chi connectivity index (χ0n) is 8.80. The summed E-state index contributed by atoms with van der Waals surface area (Å²) >= 11 is 0. The number of carbonyl (C=O) groups is 1. The molecule has 4 atom stereocenters. The molecule has 3 heteroatoms. The standard InChI is InChI=1S/C12H17NO2/c14-10-3-4-13(7-10)12(15)11-6-8-1-2-9(11)5-8/h1-2,8-11,14H,3-7H2/t8?,9?,10-,11?/m0/s1. The molecular weight excluding hydrogens is 190 g/mol. The Balaban J connectivity index is 1.68. The molecule has 1 saturated heterocycles. The number of β-amino-alcohol motifs (C(OH)–C–C–N with tert-alkyl or cyclic N) is 1. The van der Waals surface area contributed by atoms with Crippen molar-refractivity contribution in [3.05, 3.63) is 12.2 Å². The van der Waals surface area contributed by atoms with Crippen molar-refractivity contribution in [1.29, 1.82) is 0 Å². The van der Waals surface area contributed by atoms with Crippen molar-refractivity contribution in [3.63, 3.8) is 0 Å². The van der Waals surface area contributed by atoms with E-state index in [1.54, 1.807) is 0 Å². The van der Waals surface area contributed by atoms with Gasteiger partial charge in [-0.2, -0.15) is 0 Å². The van der Waals surface area contributed by atoms with Crippen LogP contribution in [-0.2, 0) is 4.79 Å². The number of fused-ring (bicyclic) bond motifs is 2. The van der Waals surface area contributed by atoms with Gasteiger partial charge in [-0.05, 0) is 31.1 Å². The van der Waals surface area contributed by atoms with Crippen LogP contribution in [0, 0.1) is 17.8 Å². The van der Waals surface area contributed by atoms with Crippen LogP contribution in [0.4, 0.5) is 0 Å². The molecule has 15 heavy (non-hydrogen) atoms. The average molecular weight is 207 g/mol. The predicted molar refractivity (Wildman–Crippen MR) is 56.0 cm³/mol. The molecule has 1 amide bonds. The number of hydrogen-bond donors (Lipinski definition) is 1. The van der Waals surface area contributed by atoms with Crippen molar-refractivity contribution in [2.24, 2.45) is 17.8 Å². The van der Waals surface area contributed by atoms with Gasteiger partial charge < -0.3 is 10.0 Å². The number of amides is 1. The van der Waals surface area contributed by atoms with Gasteiger partial charge in [0.1, 0.15) is 0 Å². The van der Waals surface area contributed by atoms with E-state index >= 15 is 0 Å². The quantitative estimate of drug-likeness (QED) is 0.646. The topological polar surface area (TPSA) is 40.5 Å². The second-order valence-corrected chi connectivity index (χ2v) is 5.11. The van der Waals surface area contributed by atoms with Crippen molar-refractivity contribution < 1.29 is 9.90 Å². The van der Waals surface area contributed by atoms with Crippen LogP contribution >= 0.6 is 0 Å². The molecule has 2 aliphatic carbocycles. The molecule has 1 aliphatic heterocycles. The second kappa shape index (κ2) is 3.34. The first-order chi connectivity index (χ1) is 7.24. The molecule has 0 radical (unpaired) electrons. The molecule has 1 N–H and O–H groups in total. The van der Waals surface area contributed by atoms with E-state index in [9.17, 15) is 9.90 Å². The molecule has 0 aromatic rings. The summed E-state index contributed by atoms with van der Waals surface area (Å²) in [4.78, 5) is 14.0. The zero-order chi connectivity index (χ0) is 10.4. The number of carbonyl (C=O) groups excluding carboxylic acids is 1. The van der Waals surface area contributed by atoms with Gasteiger partial charge in [-0.1, -0.05) is 12.2 Å². The number of hydrogen-bond acceptors (Lipinski definition) is 2. The van der Waals surface area contributed by atoms with Crippen molar-refractivity contribution in [3.8, 4) is 0 Å². The summed E-state index contributed by atoms with van der Waals surface area (Å²) in [5, 5.41) is 9.42. The van der Waals surface area contributed by atoms with Gasteiger partial charge >= 0.3 is 0 Å². The van der Waals surface area contributed by atoms with Crippen LogP contribution in [0.25, 0.3) is 0 Å². The van der Waals surface area contributed by atoms with E-state index in [1.165, 1.54) is 6.42 Å². The summed E-state index contributed by atoms with van der Waals surface area (Å²) in [7, 11) is 0. The highest BCUT2D eigenvalue weighted by Gasteiger charge is 2.42. The lowest BCUT2D eigenvalue weighted by atomic mass is 9.92. The average Bonchev–Trinajstić information content (AvgIpc) is 2.90. The third kappa shape index (κ3) is 1.49. The molecule has 82 valence electrons. The Labute approximate surface area is 89.8 Å². The van der Waals surface area contributed by atoms with Crippen molar-refractivity contribution >= 4 is 5.91 Å². The van der Waals surface area contributed by atoms with Crippen LogP contribution in [0.15, 0.2) is 12.2 Å². The molecule has 3 rings (SSSR count). The lowest BCUT2D eigenvalue weighted by Crippen LogP contribution is -2.36. The van der Waals surface area contributed by atoms with Gasteiger partial charge in [0, 0.05) is 19.0 Å². The summed E-state index contributed by atoms with van der Waals surface area (Å²) in [5.74, 6) is 1.63. The van der Waals surface area contributed by atoms with E-state index in [4.69, 9.17) is 0 Å². The minimum atomic E-state index is -0.289. The first kappa shape index (κ1) is 9.40. The van der Waals surface area contributed by atoms with Gasteiger partial charge in [0.15, 0.2) is 0 Å². The predicted octanol–water partition coefficient (Wildman–Crippen LogP) is 0.792. The highest BCUT2D eigenvalue weighted by molar-refractivity contribution is 5.80. The molecular formula is C12H17NO2. The van der Waals surface area contributed by atoms with E-state index in [-0.39, 0.29) is 17.9 Å². The lowest BCUT2D eigenvalue weighted by molar-refractivity contribution is -0.135. The third-order valence-corrected chi connectivity index (χ3v) is 4.07. The van der Waals surface area contributed by atoms with Gasteiger partial charge in [0.25, 0.3) is 0 Å². The zero-order valence-corrected chi connectivity index (χ0v) is 8.80. The fourth-order valence-corrected chi connectivity index (χ4v) is 3.24. The van der Waals surface area contributed by atoms with Crippen LogP contribution in [0.2, 0.25) is 0 Å². The van der Waals surface area contributed by atoms with E-state index in [1.807, 2.05) is 4.90 Å². The Morgan fingerprint density at radius 1 is 1.33 bits per heavy atom. The Hall–Kier alpha value is -0.830. The molecule has 0 spiro atoms. The Kier molecular flexibility index (Phi) is 2.09. The van der Waals surface area contributed by atoms with E-state index in [0.717, 1.165) is 19.4 Å². The summed E-state index contributed by atoms with van der Waals surface area (Å²) in [6.07, 6.45) is 7.14. The summed E-state index contributed by atoms with van der Waals surface area (Å²) in [6.45, 7) is 1.30. The summed E-state index contributed by atoms with van der Waals surface area (Å²) in [5.41, 5.74) is 0. The maximum absolute atomic E-state index is 12.2. The van der Waals surface area contributed by atoms with Gasteiger partial charge in [0.2, 0.25) is 5.91 Å². The van der Waals surface area contributed by atoms with Gasteiger partial charge in [0.05, 0.1) is 6.10 Å². The SMILES string of the molecule is O=C(C1CC2C=CC1C2)N1CC[C@H](O)C1. The summed E-state index contributed by atoms with van der Waals surface area (Å²) in [6, 6.07) is 0. The lowest BCUT2D eigenvalue weighted by Gasteiger charge is -2.24. The second-order valence-electron chi connectivity index (χ2n) is 5.11. The highest BCUT2D eigenvalue weighted by Crippen LogP contribution is 2.44. The van der Waals surface area contributed by atoms with Crippen LogP contribution in [0.3, 0.4) is 0 Å². The number of aliphatic hydroxyl groups excluding tert-OH is 1. The minimum absolute atomic E-state index is 0.213. The van der Waals surface area contributed by atoms with E-state index in [0.29, 0.717) is 18.4 Å². The van der Waals surface area contributed by atoms with Crippen molar-refractivity contribution in [2.75, 3.05) is 13.1 Å². The van der Waals surface area contributed by atoms with Crippen LogP contribution in [0.1, 0.15) is 19.3 Å². The number of rotatable bonds is 1. The normalized spacial score (nSPS) is 42.9. The fraction of sp³-hybridized carbons (Fsp3) is 0.750. The minimum Gasteiger partial charge on any atom is -0.391 e. The van der Waals surface area contributed by atoms with Crippen LogP contribution < -0.4 is 0 Å². The molecule has 0 aromatic carbocycles.